The molecule has 0 amide bonds. The predicted molar refractivity (Wildman–Crippen MR) is 71.8 cm³/mol. The number of carbonyl (C=O) groups is 1. The summed E-state index contributed by atoms with van der Waals surface area (Å²) in [6.07, 6.45) is -4.04. The highest BCUT2D eigenvalue weighted by Gasteiger charge is 2.31. The molecule has 1 aromatic carbocycles. The van der Waals surface area contributed by atoms with E-state index < -0.39 is 23.3 Å². The zero-order chi connectivity index (χ0) is 15.8. The van der Waals surface area contributed by atoms with Crippen molar-refractivity contribution >= 4 is 33.3 Å². The van der Waals surface area contributed by atoms with Crippen LogP contribution in [0.4, 0.5) is 17.6 Å². The molecule has 2 nitrogen and oxygen atoms in total. The van der Waals surface area contributed by atoms with Gasteiger partial charge in [-0.2, -0.15) is 13.2 Å². The molecule has 8 heteroatoms. The van der Waals surface area contributed by atoms with Gasteiger partial charge in [-0.1, -0.05) is 11.6 Å². The van der Waals surface area contributed by atoms with Gasteiger partial charge in [-0.25, -0.2) is 4.39 Å². The van der Waals surface area contributed by atoms with E-state index in [0.29, 0.717) is 12.3 Å². The number of alkyl halides is 3. The molecule has 21 heavy (non-hydrogen) atoms. The Bertz CT molecular complexity index is 701. The van der Waals surface area contributed by atoms with Crippen molar-refractivity contribution in [3.05, 3.63) is 62.6 Å². The van der Waals surface area contributed by atoms with Gasteiger partial charge in [0.1, 0.15) is 5.69 Å². The number of carbonyl (C=O) groups excluding carboxylic acids is 1. The molecule has 110 valence electrons. The molecule has 0 atom stereocenters. The van der Waals surface area contributed by atoms with E-state index in [1.54, 1.807) is 0 Å². The van der Waals surface area contributed by atoms with E-state index in [1.165, 1.54) is 12.1 Å². The van der Waals surface area contributed by atoms with Crippen molar-refractivity contribution in [2.75, 3.05) is 0 Å². The zero-order valence-corrected chi connectivity index (χ0v) is 12.4. The van der Waals surface area contributed by atoms with Crippen molar-refractivity contribution < 1.29 is 22.4 Å². The number of hydrogen-bond donors (Lipinski definition) is 0. The van der Waals surface area contributed by atoms with Crippen molar-refractivity contribution in [3.63, 3.8) is 0 Å². The van der Waals surface area contributed by atoms with E-state index in [0.717, 1.165) is 6.07 Å². The normalized spacial score (nSPS) is 11.5. The summed E-state index contributed by atoms with van der Waals surface area (Å²) in [5, 5.41) is -0.284. The Hall–Kier alpha value is -1.47. The Morgan fingerprint density at radius 1 is 1.19 bits per heavy atom. The van der Waals surface area contributed by atoms with Crippen molar-refractivity contribution in [1.82, 2.24) is 4.98 Å². The third-order valence-corrected chi connectivity index (χ3v) is 3.86. The summed E-state index contributed by atoms with van der Waals surface area (Å²) in [6, 6.07) is 4.13. The average Bonchev–Trinajstić information content (AvgIpc) is 2.43. The third-order valence-electron chi connectivity index (χ3n) is 2.60. The summed E-state index contributed by atoms with van der Waals surface area (Å²) >= 11 is 8.65. The predicted octanol–water partition coefficient (Wildman–Crippen LogP) is 4.89. The Morgan fingerprint density at radius 2 is 1.86 bits per heavy atom. The largest absolute Gasteiger partial charge is 0.417 e. The first-order valence-corrected chi connectivity index (χ1v) is 6.60. The molecule has 0 aliphatic carbocycles. The fourth-order valence-electron chi connectivity index (χ4n) is 1.54. The summed E-state index contributed by atoms with van der Waals surface area (Å²) < 4.78 is 51.3. The van der Waals surface area contributed by atoms with E-state index >= 15 is 0 Å². The van der Waals surface area contributed by atoms with Gasteiger partial charge in [0.2, 0.25) is 5.78 Å². The minimum atomic E-state index is -4.55. The average molecular weight is 383 g/mol. The van der Waals surface area contributed by atoms with Gasteiger partial charge in [-0.3, -0.25) is 9.78 Å². The molecule has 0 unspecified atom stereocenters. The van der Waals surface area contributed by atoms with Crippen LogP contribution in [0.3, 0.4) is 0 Å². The van der Waals surface area contributed by atoms with Crippen molar-refractivity contribution in [2.24, 2.45) is 0 Å². The molecule has 0 bridgehead atoms. The van der Waals surface area contributed by atoms with E-state index in [9.17, 15) is 22.4 Å². The minimum absolute atomic E-state index is 0.263. The van der Waals surface area contributed by atoms with Gasteiger partial charge in [0.05, 0.1) is 16.1 Å². The quantitative estimate of drug-likeness (QED) is 0.421. The van der Waals surface area contributed by atoms with Crippen molar-refractivity contribution in [3.8, 4) is 0 Å². The fourth-order valence-corrected chi connectivity index (χ4v) is 2.01. The summed E-state index contributed by atoms with van der Waals surface area (Å²) in [5.41, 5.74) is -1.66. The van der Waals surface area contributed by atoms with Crippen LogP contribution in [0.1, 0.15) is 21.6 Å². The molecule has 0 saturated carbocycles. The van der Waals surface area contributed by atoms with E-state index in [4.69, 9.17) is 11.6 Å². The molecule has 1 heterocycles. The lowest BCUT2D eigenvalue weighted by Gasteiger charge is -2.07. The maximum absolute atomic E-state index is 13.9. The molecular formula is C13H5BrClF4NO. The molecule has 0 N–H and O–H groups in total. The second-order valence-corrected chi connectivity index (χ2v) is 5.21. The van der Waals surface area contributed by atoms with Crippen molar-refractivity contribution in [1.29, 1.82) is 0 Å². The summed E-state index contributed by atoms with van der Waals surface area (Å²) in [6.45, 7) is 0. The molecule has 0 spiro atoms. The van der Waals surface area contributed by atoms with Crippen LogP contribution in [0.15, 0.2) is 34.9 Å². The molecule has 2 aromatic rings. The van der Waals surface area contributed by atoms with Gasteiger partial charge >= 0.3 is 6.18 Å². The number of hydrogen-bond acceptors (Lipinski definition) is 2. The topological polar surface area (TPSA) is 30.0 Å². The lowest BCUT2D eigenvalue weighted by molar-refractivity contribution is -0.137. The van der Waals surface area contributed by atoms with Crippen molar-refractivity contribution in [2.45, 2.75) is 6.18 Å². The number of pyridine rings is 1. The number of benzene rings is 1. The second kappa shape index (κ2) is 5.73. The Labute approximate surface area is 129 Å². The molecular weight excluding hydrogens is 377 g/mol. The Morgan fingerprint density at radius 3 is 2.38 bits per heavy atom. The lowest BCUT2D eigenvalue weighted by atomic mass is 10.1. The first kappa shape index (κ1) is 15.9. The Kier molecular flexibility index (Phi) is 4.34. The van der Waals surface area contributed by atoms with Crippen LogP contribution < -0.4 is 0 Å². The van der Waals surface area contributed by atoms with Gasteiger partial charge in [-0.05, 0) is 40.2 Å². The van der Waals surface area contributed by atoms with Crippen LogP contribution in [0.2, 0.25) is 5.02 Å². The molecule has 0 saturated heterocycles. The van der Waals surface area contributed by atoms with Crippen LogP contribution in [-0.2, 0) is 6.18 Å². The van der Waals surface area contributed by atoms with Crippen LogP contribution >= 0.6 is 27.5 Å². The van der Waals surface area contributed by atoms with Crippen LogP contribution in [0.5, 0.6) is 0 Å². The number of ketones is 1. The molecule has 1 aromatic heterocycles. The van der Waals surface area contributed by atoms with Crippen LogP contribution in [-0.4, -0.2) is 10.8 Å². The smallest absolute Gasteiger partial charge is 0.287 e. The van der Waals surface area contributed by atoms with E-state index in [1.807, 2.05) is 0 Å². The summed E-state index contributed by atoms with van der Waals surface area (Å²) in [5.74, 6) is -1.81. The zero-order valence-electron chi connectivity index (χ0n) is 10.0. The first-order chi connectivity index (χ1) is 9.71. The summed E-state index contributed by atoms with van der Waals surface area (Å²) in [7, 11) is 0. The number of aromatic nitrogens is 1. The second-order valence-electron chi connectivity index (χ2n) is 3.98. The van der Waals surface area contributed by atoms with E-state index in [-0.39, 0.29) is 20.8 Å². The highest BCUT2D eigenvalue weighted by Crippen LogP contribution is 2.30. The minimum Gasteiger partial charge on any atom is -0.287 e. The van der Waals surface area contributed by atoms with Gasteiger partial charge in [-0.15, -0.1) is 0 Å². The summed E-state index contributed by atoms with van der Waals surface area (Å²) in [4.78, 5) is 15.5. The molecule has 0 aliphatic rings. The maximum Gasteiger partial charge on any atom is 0.417 e. The van der Waals surface area contributed by atoms with Crippen LogP contribution in [0, 0.1) is 5.82 Å². The number of rotatable bonds is 2. The standard InChI is InChI=1S/C13H5BrClF4NO/c14-8-3-2-7(11(16)10(8)15)12(21)9-4-1-6(5-20-9)13(17,18)19/h1-5H. The number of halogens is 6. The highest BCUT2D eigenvalue weighted by atomic mass is 79.9. The maximum atomic E-state index is 13.9. The van der Waals surface area contributed by atoms with Gasteiger partial charge in [0, 0.05) is 10.7 Å². The molecule has 2 rings (SSSR count). The van der Waals surface area contributed by atoms with Gasteiger partial charge < -0.3 is 0 Å². The van der Waals surface area contributed by atoms with E-state index in [2.05, 4.69) is 20.9 Å². The number of nitrogens with zero attached hydrogens (tertiary/aromatic N) is 1. The van der Waals surface area contributed by atoms with Crippen LogP contribution in [0.25, 0.3) is 0 Å². The fraction of sp³-hybridized carbons (Fsp3) is 0.0769. The first-order valence-electron chi connectivity index (χ1n) is 5.43. The third kappa shape index (κ3) is 3.24. The van der Waals surface area contributed by atoms with Gasteiger partial charge in [0.15, 0.2) is 5.82 Å². The SMILES string of the molecule is O=C(c1ccc(C(F)(F)F)cn1)c1ccc(Br)c(Cl)c1F. The monoisotopic (exact) mass is 381 g/mol. The molecule has 0 fully saturated rings. The molecule has 0 aliphatic heterocycles. The van der Waals surface area contributed by atoms with Gasteiger partial charge in [0.25, 0.3) is 0 Å². The molecule has 0 radical (unpaired) electrons. The lowest BCUT2D eigenvalue weighted by Crippen LogP contribution is -2.10. The Balaban J connectivity index is 2.39. The highest BCUT2D eigenvalue weighted by molar-refractivity contribution is 9.10.